The van der Waals surface area contributed by atoms with E-state index in [4.69, 9.17) is 11.5 Å². The maximum atomic E-state index is 10.6. The summed E-state index contributed by atoms with van der Waals surface area (Å²) in [6.07, 6.45) is 4.29. The SMILES string of the molecule is Cc1cc(O)cc(N)c1CCC(N)=O.Cc1ccc(Cc2ccc3c(c2)CCCN3)cc1. The molecule has 0 radical (unpaired) electrons. The van der Waals surface area contributed by atoms with E-state index >= 15 is 0 Å². The van der Waals surface area contributed by atoms with E-state index in [-0.39, 0.29) is 18.1 Å². The van der Waals surface area contributed by atoms with E-state index in [0.717, 1.165) is 24.1 Å². The molecular formula is C27H33N3O2. The highest BCUT2D eigenvalue weighted by molar-refractivity contribution is 5.74. The van der Waals surface area contributed by atoms with Gasteiger partial charge in [0.1, 0.15) is 5.75 Å². The number of amides is 1. The average Bonchev–Trinajstić information content (AvgIpc) is 2.75. The minimum atomic E-state index is -0.350. The molecule has 5 nitrogen and oxygen atoms in total. The lowest BCUT2D eigenvalue weighted by Gasteiger charge is -2.18. The molecule has 0 fully saturated rings. The molecule has 0 atom stereocenters. The summed E-state index contributed by atoms with van der Waals surface area (Å²) in [5.74, 6) is -0.209. The zero-order chi connectivity index (χ0) is 23.1. The topological polar surface area (TPSA) is 101 Å². The van der Waals surface area contributed by atoms with Crippen LogP contribution >= 0.6 is 0 Å². The maximum Gasteiger partial charge on any atom is 0.217 e. The van der Waals surface area contributed by atoms with Crippen molar-refractivity contribution < 1.29 is 9.90 Å². The zero-order valence-corrected chi connectivity index (χ0v) is 18.9. The van der Waals surface area contributed by atoms with Crippen LogP contribution in [0.3, 0.4) is 0 Å². The van der Waals surface area contributed by atoms with Crippen LogP contribution in [-0.2, 0) is 24.1 Å². The highest BCUT2D eigenvalue weighted by atomic mass is 16.3. The van der Waals surface area contributed by atoms with E-state index in [2.05, 4.69) is 54.7 Å². The van der Waals surface area contributed by atoms with Gasteiger partial charge in [0.15, 0.2) is 0 Å². The summed E-state index contributed by atoms with van der Waals surface area (Å²) in [5, 5.41) is 12.7. The molecule has 0 spiro atoms. The van der Waals surface area contributed by atoms with E-state index in [9.17, 15) is 9.90 Å². The number of nitrogens with one attached hydrogen (secondary N) is 1. The number of carbonyl (C=O) groups is 1. The van der Waals surface area contributed by atoms with Crippen LogP contribution in [0, 0.1) is 13.8 Å². The monoisotopic (exact) mass is 431 g/mol. The molecule has 1 aliphatic heterocycles. The van der Waals surface area contributed by atoms with Crippen LogP contribution in [0.1, 0.15) is 46.2 Å². The summed E-state index contributed by atoms with van der Waals surface area (Å²) >= 11 is 0. The molecule has 3 aromatic carbocycles. The van der Waals surface area contributed by atoms with E-state index in [1.165, 1.54) is 46.8 Å². The van der Waals surface area contributed by atoms with Crippen LogP contribution < -0.4 is 16.8 Å². The molecule has 3 aromatic rings. The molecule has 1 aliphatic rings. The molecule has 168 valence electrons. The van der Waals surface area contributed by atoms with Gasteiger partial charge in [-0.15, -0.1) is 0 Å². The largest absolute Gasteiger partial charge is 0.508 e. The summed E-state index contributed by atoms with van der Waals surface area (Å²) in [6.45, 7) is 5.09. The third kappa shape index (κ3) is 6.51. The van der Waals surface area contributed by atoms with Gasteiger partial charge in [0.2, 0.25) is 5.91 Å². The average molecular weight is 432 g/mol. The van der Waals surface area contributed by atoms with Gasteiger partial charge in [0.05, 0.1) is 0 Å². The van der Waals surface area contributed by atoms with Crippen LogP contribution in [0.25, 0.3) is 0 Å². The number of hydrogen-bond donors (Lipinski definition) is 4. The molecular weight excluding hydrogens is 398 g/mol. The Balaban J connectivity index is 0.000000188. The lowest BCUT2D eigenvalue weighted by atomic mass is 9.97. The fourth-order valence-corrected chi connectivity index (χ4v) is 3.99. The van der Waals surface area contributed by atoms with Crippen LogP contribution in [0.2, 0.25) is 0 Å². The molecule has 0 unspecified atom stereocenters. The highest BCUT2D eigenvalue weighted by Crippen LogP contribution is 2.25. The Kier molecular flexibility index (Phi) is 7.77. The van der Waals surface area contributed by atoms with Crippen molar-refractivity contribution in [3.63, 3.8) is 0 Å². The lowest BCUT2D eigenvalue weighted by Crippen LogP contribution is -2.12. The molecule has 0 saturated carbocycles. The van der Waals surface area contributed by atoms with Crippen molar-refractivity contribution in [1.82, 2.24) is 0 Å². The van der Waals surface area contributed by atoms with Gasteiger partial charge in [-0.1, -0.05) is 42.0 Å². The Morgan fingerprint density at radius 3 is 2.44 bits per heavy atom. The number of fused-ring (bicyclic) bond motifs is 1. The summed E-state index contributed by atoms with van der Waals surface area (Å²) in [4.78, 5) is 10.6. The molecule has 1 amide bonds. The van der Waals surface area contributed by atoms with Crippen LogP contribution in [-0.4, -0.2) is 17.6 Å². The maximum absolute atomic E-state index is 10.6. The fraction of sp³-hybridized carbons (Fsp3) is 0.296. The van der Waals surface area contributed by atoms with Crippen LogP contribution in [0.15, 0.2) is 54.6 Å². The first-order valence-electron chi connectivity index (χ1n) is 11.1. The van der Waals surface area contributed by atoms with E-state index in [1.807, 2.05) is 6.92 Å². The molecule has 0 aromatic heterocycles. The summed E-state index contributed by atoms with van der Waals surface area (Å²) in [6, 6.07) is 18.8. The van der Waals surface area contributed by atoms with Gasteiger partial charge < -0.3 is 21.9 Å². The third-order valence-electron chi connectivity index (χ3n) is 5.75. The van der Waals surface area contributed by atoms with Crippen molar-refractivity contribution in [3.05, 3.63) is 88.0 Å². The Bertz CT molecular complexity index is 1050. The first kappa shape index (κ1) is 23.2. The van der Waals surface area contributed by atoms with Gasteiger partial charge in [-0.3, -0.25) is 4.79 Å². The number of aryl methyl sites for hydroxylation is 3. The Morgan fingerprint density at radius 2 is 1.75 bits per heavy atom. The number of phenols is 1. The zero-order valence-electron chi connectivity index (χ0n) is 18.9. The second kappa shape index (κ2) is 10.7. The molecule has 4 rings (SSSR count). The molecule has 1 heterocycles. The first-order chi connectivity index (χ1) is 15.3. The molecule has 32 heavy (non-hydrogen) atoms. The first-order valence-corrected chi connectivity index (χ1v) is 11.1. The highest BCUT2D eigenvalue weighted by Gasteiger charge is 2.09. The number of nitrogen functional groups attached to an aromatic ring is 1. The van der Waals surface area contributed by atoms with E-state index in [1.54, 1.807) is 6.07 Å². The molecule has 6 N–H and O–H groups in total. The van der Waals surface area contributed by atoms with E-state index in [0.29, 0.717) is 12.1 Å². The van der Waals surface area contributed by atoms with Crippen molar-refractivity contribution in [2.45, 2.75) is 46.0 Å². The second-order valence-electron chi connectivity index (χ2n) is 8.48. The smallest absolute Gasteiger partial charge is 0.217 e. The number of aromatic hydroxyl groups is 1. The van der Waals surface area contributed by atoms with Crippen LogP contribution in [0.4, 0.5) is 11.4 Å². The summed E-state index contributed by atoms with van der Waals surface area (Å²) in [5.41, 5.74) is 19.9. The van der Waals surface area contributed by atoms with Crippen LogP contribution in [0.5, 0.6) is 5.75 Å². The van der Waals surface area contributed by atoms with Gasteiger partial charge in [-0.25, -0.2) is 0 Å². The minimum absolute atomic E-state index is 0.142. The number of primary amides is 1. The molecule has 5 heteroatoms. The molecule has 0 saturated heterocycles. The number of benzene rings is 3. The predicted octanol–water partition coefficient (Wildman–Crippen LogP) is 4.64. The number of carbonyl (C=O) groups excluding carboxylic acids is 1. The van der Waals surface area contributed by atoms with Crippen molar-refractivity contribution in [2.75, 3.05) is 17.6 Å². The van der Waals surface area contributed by atoms with E-state index < -0.39 is 0 Å². The van der Waals surface area contributed by atoms with Gasteiger partial charge in [0, 0.05) is 30.4 Å². The minimum Gasteiger partial charge on any atom is -0.508 e. The third-order valence-corrected chi connectivity index (χ3v) is 5.75. The molecule has 0 aliphatic carbocycles. The number of nitrogens with two attached hydrogens (primary N) is 2. The molecule has 0 bridgehead atoms. The van der Waals surface area contributed by atoms with Gasteiger partial charge in [-0.2, -0.15) is 0 Å². The Morgan fingerprint density at radius 1 is 1.03 bits per heavy atom. The standard InChI is InChI=1S/C17H19N.C10H14N2O2/c1-13-4-6-14(7-5-13)11-15-8-9-17-16(12-15)3-2-10-18-17;1-6-4-7(13)5-9(11)8(6)2-3-10(12)14/h4-9,12,18H,2-3,10-11H2,1H3;4-5,13H,2-3,11H2,1H3,(H2,12,14). The number of hydrogen-bond acceptors (Lipinski definition) is 4. The van der Waals surface area contributed by atoms with Crippen molar-refractivity contribution in [3.8, 4) is 5.75 Å². The summed E-state index contributed by atoms with van der Waals surface area (Å²) < 4.78 is 0. The van der Waals surface area contributed by atoms with Gasteiger partial charge >= 0.3 is 0 Å². The number of anilines is 2. The van der Waals surface area contributed by atoms with Crippen molar-refractivity contribution in [2.24, 2.45) is 5.73 Å². The lowest BCUT2D eigenvalue weighted by molar-refractivity contribution is -0.117. The predicted molar refractivity (Wildman–Crippen MR) is 132 cm³/mol. The van der Waals surface area contributed by atoms with Crippen molar-refractivity contribution >= 4 is 17.3 Å². The Labute approximate surface area is 190 Å². The number of rotatable bonds is 5. The Hall–Kier alpha value is -3.47. The normalized spacial score (nSPS) is 12.2. The fourth-order valence-electron chi connectivity index (χ4n) is 3.99. The van der Waals surface area contributed by atoms with Gasteiger partial charge in [0.25, 0.3) is 0 Å². The quantitative estimate of drug-likeness (QED) is 0.442. The van der Waals surface area contributed by atoms with Crippen molar-refractivity contribution in [1.29, 1.82) is 0 Å². The number of phenolic OH excluding ortho intramolecular Hbond substituents is 1. The van der Waals surface area contributed by atoms with Gasteiger partial charge in [-0.05, 0) is 79.5 Å². The second-order valence-corrected chi connectivity index (χ2v) is 8.48. The summed E-state index contributed by atoms with van der Waals surface area (Å²) in [7, 11) is 0.